The molecule has 2 rings (SSSR count). The van der Waals surface area contributed by atoms with E-state index in [0.29, 0.717) is 17.8 Å². The van der Waals surface area contributed by atoms with E-state index in [1.807, 2.05) is 26.0 Å². The highest BCUT2D eigenvalue weighted by Crippen LogP contribution is 2.25. The molecule has 3 amide bonds. The van der Waals surface area contributed by atoms with Crippen LogP contribution in [0.1, 0.15) is 63.3 Å². The molecule has 0 saturated carbocycles. The zero-order valence-electron chi connectivity index (χ0n) is 25.9. The summed E-state index contributed by atoms with van der Waals surface area (Å²) in [6.07, 6.45) is -0.539. The number of anilines is 2. The Balaban J connectivity index is 2.07. The molecule has 0 aromatic heterocycles. The number of aliphatic imine (C=N–C) groups is 1. The van der Waals surface area contributed by atoms with Crippen LogP contribution in [0.2, 0.25) is 0 Å². The summed E-state index contributed by atoms with van der Waals surface area (Å²) in [5.41, 5.74) is 9.69. The molecule has 230 valence electrons. The first-order valence-electron chi connectivity index (χ1n) is 14.0. The van der Waals surface area contributed by atoms with E-state index in [1.54, 1.807) is 58.9 Å². The Kier molecular flexibility index (Phi) is 12.8. The number of benzene rings is 2. The number of aryl methyl sites for hydroxylation is 2. The number of carbonyl (C=O) groups excluding carboxylic acids is 4. The van der Waals surface area contributed by atoms with E-state index in [1.165, 1.54) is 4.90 Å². The van der Waals surface area contributed by atoms with Crippen molar-refractivity contribution in [1.82, 2.24) is 5.32 Å². The molecule has 0 aliphatic rings. The fraction of sp³-hybridized carbons (Fsp3) is 0.406. The molecule has 0 bridgehead atoms. The summed E-state index contributed by atoms with van der Waals surface area (Å²) in [6.45, 7) is 12.5. The van der Waals surface area contributed by atoms with Crippen molar-refractivity contribution in [2.75, 3.05) is 36.5 Å². The van der Waals surface area contributed by atoms with Crippen LogP contribution in [0.4, 0.5) is 16.2 Å². The summed E-state index contributed by atoms with van der Waals surface area (Å²) in [4.78, 5) is 53.8. The number of amides is 3. The zero-order chi connectivity index (χ0) is 32.2. The van der Waals surface area contributed by atoms with Crippen LogP contribution in [0, 0.1) is 25.7 Å². The molecule has 2 aromatic rings. The van der Waals surface area contributed by atoms with Gasteiger partial charge in [-0.25, -0.2) is 4.79 Å². The molecule has 0 unspecified atom stereocenters. The van der Waals surface area contributed by atoms with Gasteiger partial charge in [-0.1, -0.05) is 18.8 Å². The number of esters is 1. The smallest absolute Gasteiger partial charge is 0.436 e. The normalized spacial score (nSPS) is 11.1. The second-order valence-electron chi connectivity index (χ2n) is 10.6. The molecule has 0 aliphatic heterocycles. The molecule has 2 aromatic carbocycles. The number of nitrogens with one attached hydrogen (secondary N) is 2. The minimum absolute atomic E-state index is 0.0615. The van der Waals surface area contributed by atoms with Crippen molar-refractivity contribution < 1.29 is 28.7 Å². The van der Waals surface area contributed by atoms with Crippen LogP contribution in [0.25, 0.3) is 0 Å². The van der Waals surface area contributed by atoms with Gasteiger partial charge in [-0.05, 0) is 89.1 Å². The Morgan fingerprint density at radius 1 is 1.02 bits per heavy atom. The molecule has 11 heteroatoms. The zero-order valence-corrected chi connectivity index (χ0v) is 25.9. The molecule has 11 nitrogen and oxygen atoms in total. The average Bonchev–Trinajstić information content (AvgIpc) is 2.93. The minimum atomic E-state index is -0.748. The molecule has 0 radical (unpaired) electrons. The van der Waals surface area contributed by atoms with Gasteiger partial charge in [0.1, 0.15) is 24.5 Å². The van der Waals surface area contributed by atoms with Gasteiger partial charge in [0.2, 0.25) is 11.8 Å². The molecule has 0 aliphatic carbocycles. The maximum atomic E-state index is 12.7. The highest BCUT2D eigenvalue weighted by atomic mass is 16.6. The van der Waals surface area contributed by atoms with Gasteiger partial charge in [-0.2, -0.15) is 4.99 Å². The Morgan fingerprint density at radius 3 is 2.30 bits per heavy atom. The van der Waals surface area contributed by atoms with Crippen molar-refractivity contribution in [2.45, 2.75) is 60.5 Å². The molecule has 0 saturated heterocycles. The lowest BCUT2D eigenvalue weighted by atomic mass is 10.0. The van der Waals surface area contributed by atoms with Crippen LogP contribution in [-0.2, 0) is 23.9 Å². The molecule has 0 fully saturated rings. The molecular weight excluding hydrogens is 550 g/mol. The highest BCUT2D eigenvalue weighted by Gasteiger charge is 2.21. The first-order valence-corrected chi connectivity index (χ1v) is 14.0. The highest BCUT2D eigenvalue weighted by molar-refractivity contribution is 6.03. The van der Waals surface area contributed by atoms with Crippen molar-refractivity contribution in [3.63, 3.8) is 0 Å². The third-order valence-electron chi connectivity index (χ3n) is 5.86. The van der Waals surface area contributed by atoms with Gasteiger partial charge in [-0.3, -0.25) is 14.4 Å². The third-order valence-corrected chi connectivity index (χ3v) is 5.86. The summed E-state index contributed by atoms with van der Waals surface area (Å²) in [5, 5.41) is 5.71. The van der Waals surface area contributed by atoms with Crippen molar-refractivity contribution in [3.05, 3.63) is 58.7 Å². The van der Waals surface area contributed by atoms with Gasteiger partial charge in [0.25, 0.3) is 0 Å². The number of ether oxygens (including phenoxy) is 2. The van der Waals surface area contributed by atoms with Crippen LogP contribution in [0.15, 0.2) is 41.4 Å². The Labute approximate surface area is 253 Å². The molecule has 4 N–H and O–H groups in total. The van der Waals surface area contributed by atoms with Crippen molar-refractivity contribution in [3.8, 4) is 11.8 Å². The summed E-state index contributed by atoms with van der Waals surface area (Å²) in [5.74, 6) is 5.08. The molecule has 0 heterocycles. The van der Waals surface area contributed by atoms with Crippen molar-refractivity contribution >= 4 is 41.1 Å². The van der Waals surface area contributed by atoms with Crippen LogP contribution >= 0.6 is 0 Å². The lowest BCUT2D eigenvalue weighted by Gasteiger charge is -2.24. The number of carbonyl (C=O) groups is 4. The lowest BCUT2D eigenvalue weighted by molar-refractivity contribution is -0.143. The largest absolute Gasteiger partial charge is 0.465 e. The Bertz CT molecular complexity index is 1410. The van der Waals surface area contributed by atoms with E-state index >= 15 is 0 Å². The third kappa shape index (κ3) is 11.5. The van der Waals surface area contributed by atoms with Gasteiger partial charge in [0.15, 0.2) is 0 Å². The number of hydrogen-bond acceptors (Lipinski definition) is 7. The summed E-state index contributed by atoms with van der Waals surface area (Å²) >= 11 is 0. The van der Waals surface area contributed by atoms with E-state index < -0.39 is 23.6 Å². The van der Waals surface area contributed by atoms with Gasteiger partial charge in [-0.15, -0.1) is 0 Å². The predicted molar refractivity (Wildman–Crippen MR) is 167 cm³/mol. The number of hydrogen-bond donors (Lipinski definition) is 3. The van der Waals surface area contributed by atoms with E-state index in [0.717, 1.165) is 22.4 Å². The number of amidine groups is 1. The average molecular weight is 592 g/mol. The number of nitrogens with zero attached hydrogens (tertiary/aromatic N) is 2. The Hall–Kier alpha value is -4.85. The van der Waals surface area contributed by atoms with Crippen LogP contribution in [-0.4, -0.2) is 61.6 Å². The van der Waals surface area contributed by atoms with E-state index in [-0.39, 0.29) is 37.9 Å². The number of rotatable bonds is 10. The second-order valence-corrected chi connectivity index (χ2v) is 10.6. The molecule has 0 atom stereocenters. The molecule has 43 heavy (non-hydrogen) atoms. The van der Waals surface area contributed by atoms with Crippen LogP contribution < -0.4 is 21.3 Å². The molecule has 0 spiro atoms. The standard InChI is InChI=1S/C32H41N5O6/c1-8-28(39)37(20-27(38)35-19-29(40)42-9-2)26-18-21(3)24(17-22(26)4)11-10-16-34-25-14-12-23(13-15-25)30(33)36-31(41)43-32(5,6)7/h12-15,17-18,34H,8-9,16,19-20H2,1-7H3,(H,35,38)(H2,33,36,41). The maximum absolute atomic E-state index is 12.7. The van der Waals surface area contributed by atoms with Gasteiger partial charge in [0.05, 0.1) is 13.2 Å². The lowest BCUT2D eigenvalue weighted by Crippen LogP contribution is -2.42. The van der Waals surface area contributed by atoms with Gasteiger partial charge < -0.3 is 30.7 Å². The summed E-state index contributed by atoms with van der Waals surface area (Å²) in [7, 11) is 0. The first kappa shape index (κ1) is 34.4. The van der Waals surface area contributed by atoms with Gasteiger partial charge >= 0.3 is 12.1 Å². The minimum Gasteiger partial charge on any atom is -0.465 e. The Morgan fingerprint density at radius 2 is 1.70 bits per heavy atom. The predicted octanol–water partition coefficient (Wildman–Crippen LogP) is 3.83. The second kappa shape index (κ2) is 16.0. The quantitative estimate of drug-likeness (QED) is 0.163. The SMILES string of the molecule is CCOC(=O)CNC(=O)CN(C(=O)CC)c1cc(C)c(C#CCNc2ccc(/C(N)=N\C(=O)OC(C)(C)C)cc2)cc1C. The summed E-state index contributed by atoms with van der Waals surface area (Å²) < 4.78 is 9.99. The monoisotopic (exact) mass is 591 g/mol. The fourth-order valence-corrected chi connectivity index (χ4v) is 3.80. The first-order chi connectivity index (χ1) is 20.2. The summed E-state index contributed by atoms with van der Waals surface area (Å²) in [6, 6.07) is 10.8. The van der Waals surface area contributed by atoms with Crippen LogP contribution in [0.5, 0.6) is 0 Å². The fourth-order valence-electron chi connectivity index (χ4n) is 3.80. The van der Waals surface area contributed by atoms with Gasteiger partial charge in [0, 0.05) is 28.9 Å². The topological polar surface area (TPSA) is 152 Å². The van der Waals surface area contributed by atoms with Crippen molar-refractivity contribution in [1.29, 1.82) is 0 Å². The van der Waals surface area contributed by atoms with Crippen LogP contribution in [0.3, 0.4) is 0 Å². The van der Waals surface area contributed by atoms with Crippen molar-refractivity contribution in [2.24, 2.45) is 10.7 Å². The van der Waals surface area contributed by atoms with E-state index in [9.17, 15) is 19.2 Å². The van der Waals surface area contributed by atoms with E-state index in [4.69, 9.17) is 15.2 Å². The van der Waals surface area contributed by atoms with E-state index in [2.05, 4.69) is 27.5 Å². The number of nitrogens with two attached hydrogens (primary N) is 1. The maximum Gasteiger partial charge on any atom is 0.436 e. The molecular formula is C32H41N5O6.